The molecule has 2 aromatic carbocycles. The Morgan fingerprint density at radius 2 is 1.87 bits per heavy atom. The molecule has 7 rings (SSSR count). The summed E-state index contributed by atoms with van der Waals surface area (Å²) in [5, 5.41) is 12.5. The molecule has 234 valence electrons. The summed E-state index contributed by atoms with van der Waals surface area (Å²) in [5.74, 6) is 0.801. The molecule has 0 N–H and O–H groups in total. The van der Waals surface area contributed by atoms with Gasteiger partial charge < -0.3 is 9.47 Å². The third-order valence-corrected chi connectivity index (χ3v) is 9.82. The molecule has 4 heterocycles. The van der Waals surface area contributed by atoms with Crippen LogP contribution in [0.3, 0.4) is 0 Å². The third kappa shape index (κ3) is 5.08. The van der Waals surface area contributed by atoms with Crippen LogP contribution in [0.1, 0.15) is 60.1 Å². The van der Waals surface area contributed by atoms with Crippen LogP contribution >= 0.6 is 11.6 Å². The Hall–Kier alpha value is -4.19. The van der Waals surface area contributed by atoms with Gasteiger partial charge in [-0.15, -0.1) is 10.2 Å². The van der Waals surface area contributed by atoms with E-state index in [0.29, 0.717) is 29.7 Å². The number of benzene rings is 2. The molecule has 0 spiro atoms. The van der Waals surface area contributed by atoms with Gasteiger partial charge in [0.15, 0.2) is 5.82 Å². The first-order valence-corrected chi connectivity index (χ1v) is 15.4. The lowest BCUT2D eigenvalue weighted by molar-refractivity contribution is -0.137. The van der Waals surface area contributed by atoms with Gasteiger partial charge in [0.1, 0.15) is 12.1 Å². The Bertz CT molecular complexity index is 1780. The zero-order valence-corrected chi connectivity index (χ0v) is 25.5. The van der Waals surface area contributed by atoms with Crippen molar-refractivity contribution in [3.05, 3.63) is 76.7 Å². The number of likely N-dealkylation sites (tertiary alicyclic amines) is 1. The van der Waals surface area contributed by atoms with Crippen LogP contribution in [-0.2, 0) is 24.4 Å². The molecular formula is C32H31ClF3N7O2. The molecule has 2 amide bonds. The Kier molecular flexibility index (Phi) is 7.22. The highest BCUT2D eigenvalue weighted by Crippen LogP contribution is 2.46. The van der Waals surface area contributed by atoms with Crippen molar-refractivity contribution in [2.45, 2.75) is 57.3 Å². The van der Waals surface area contributed by atoms with Crippen LogP contribution in [0, 0.1) is 11.8 Å². The number of hydrogen-bond acceptors (Lipinski definition) is 5. The smallest absolute Gasteiger partial charge is 0.334 e. The number of amides is 2. The van der Waals surface area contributed by atoms with Crippen molar-refractivity contribution < 1.29 is 22.8 Å². The SMILES string of the molecule is C[C@@H]1CC2C(=O)N(c3ccc(-c4nncn4C)cc3)c3c(CC4CCC4)cnn3C2CN1C(=O)c1ccc(Cl)c(C(F)(F)F)c1. The molecule has 2 unspecified atom stereocenters. The fraction of sp³-hybridized carbons (Fsp3) is 0.406. The van der Waals surface area contributed by atoms with Gasteiger partial charge in [0.25, 0.3) is 5.91 Å². The molecule has 2 aliphatic heterocycles. The molecule has 9 nitrogen and oxygen atoms in total. The molecule has 1 aliphatic carbocycles. The maximum Gasteiger partial charge on any atom is 0.417 e. The number of aromatic nitrogens is 5. The molecule has 1 saturated carbocycles. The van der Waals surface area contributed by atoms with Crippen LogP contribution in [0.25, 0.3) is 11.4 Å². The van der Waals surface area contributed by atoms with Crippen LogP contribution in [0.15, 0.2) is 55.0 Å². The number of nitrogens with zero attached hydrogens (tertiary/aromatic N) is 7. The molecule has 45 heavy (non-hydrogen) atoms. The molecule has 0 bridgehead atoms. The summed E-state index contributed by atoms with van der Waals surface area (Å²) >= 11 is 5.82. The number of hydrogen-bond donors (Lipinski definition) is 0. The number of anilines is 2. The fourth-order valence-electron chi connectivity index (χ4n) is 6.85. The lowest BCUT2D eigenvalue weighted by Gasteiger charge is -2.47. The predicted octanol–water partition coefficient (Wildman–Crippen LogP) is 6.46. The van der Waals surface area contributed by atoms with Crippen molar-refractivity contribution >= 4 is 34.9 Å². The van der Waals surface area contributed by atoms with Crippen molar-refractivity contribution in [3.63, 3.8) is 0 Å². The maximum atomic E-state index is 14.4. The van der Waals surface area contributed by atoms with Crippen LogP contribution in [0.4, 0.5) is 24.7 Å². The summed E-state index contributed by atoms with van der Waals surface area (Å²) in [4.78, 5) is 31.4. The number of halogens is 4. The minimum Gasteiger partial charge on any atom is -0.334 e. The normalized spacial score (nSPS) is 21.8. The second kappa shape index (κ2) is 11.0. The lowest BCUT2D eigenvalue weighted by Crippen LogP contribution is -2.56. The summed E-state index contributed by atoms with van der Waals surface area (Å²) in [6, 6.07) is 9.97. The number of alkyl halides is 3. The summed E-state index contributed by atoms with van der Waals surface area (Å²) < 4.78 is 44.4. The Morgan fingerprint density at radius 3 is 2.51 bits per heavy atom. The van der Waals surface area contributed by atoms with Crippen molar-refractivity contribution in [2.24, 2.45) is 18.9 Å². The molecular weight excluding hydrogens is 607 g/mol. The zero-order valence-electron chi connectivity index (χ0n) is 24.7. The summed E-state index contributed by atoms with van der Waals surface area (Å²) in [6.07, 6.45) is 3.30. The maximum absolute atomic E-state index is 14.4. The van der Waals surface area contributed by atoms with Crippen LogP contribution < -0.4 is 4.90 Å². The number of rotatable bonds is 5. The monoisotopic (exact) mass is 637 g/mol. The first kappa shape index (κ1) is 29.5. The van der Waals surface area contributed by atoms with Gasteiger partial charge in [0.05, 0.1) is 34.4 Å². The van der Waals surface area contributed by atoms with E-state index < -0.39 is 40.7 Å². The highest BCUT2D eigenvalue weighted by molar-refractivity contribution is 6.31. The number of piperidine rings is 1. The van der Waals surface area contributed by atoms with Crippen molar-refractivity contribution in [1.82, 2.24) is 29.4 Å². The van der Waals surface area contributed by atoms with E-state index in [0.717, 1.165) is 42.5 Å². The predicted molar refractivity (Wildman–Crippen MR) is 161 cm³/mol. The first-order valence-electron chi connectivity index (χ1n) is 15.0. The van der Waals surface area contributed by atoms with Gasteiger partial charge >= 0.3 is 6.18 Å². The number of carbonyl (C=O) groups excluding carboxylic acids is 2. The highest BCUT2D eigenvalue weighted by Gasteiger charge is 2.49. The molecule has 3 atom stereocenters. The van der Waals surface area contributed by atoms with E-state index in [1.807, 2.05) is 53.7 Å². The standard InChI is InChI=1S/C32H31ClF3N7O2/c1-18-12-24-27(16-41(18)30(44)21-8-11-26(33)25(14-21)32(34,35)36)43-29(22(15-38-43)13-19-4-3-5-19)42(31(24)45)23-9-6-20(7-10-23)28-39-37-17-40(28)2/h6-11,14-15,17-19,24,27H,3-5,12-13,16H2,1-2H3/t18-,24?,27?/m1/s1. The van der Waals surface area contributed by atoms with E-state index in [1.165, 1.54) is 12.5 Å². The quantitative estimate of drug-likeness (QED) is 0.251. The van der Waals surface area contributed by atoms with Crippen LogP contribution in [-0.4, -0.2) is 53.8 Å². The van der Waals surface area contributed by atoms with Gasteiger partial charge in [0, 0.05) is 36.3 Å². The molecule has 4 aromatic rings. The molecule has 2 aromatic heterocycles. The molecule has 0 radical (unpaired) electrons. The summed E-state index contributed by atoms with van der Waals surface area (Å²) in [6.45, 7) is 1.96. The number of carbonyl (C=O) groups is 2. The van der Waals surface area contributed by atoms with Crippen molar-refractivity contribution in [1.29, 1.82) is 0 Å². The van der Waals surface area contributed by atoms with Gasteiger partial charge in [0.2, 0.25) is 5.91 Å². The summed E-state index contributed by atoms with van der Waals surface area (Å²) in [7, 11) is 1.86. The topological polar surface area (TPSA) is 89.2 Å². The van der Waals surface area contributed by atoms with Gasteiger partial charge in [-0.25, -0.2) is 4.68 Å². The van der Waals surface area contributed by atoms with E-state index in [2.05, 4.69) is 10.2 Å². The van der Waals surface area contributed by atoms with E-state index in [9.17, 15) is 22.8 Å². The third-order valence-electron chi connectivity index (χ3n) is 9.49. The van der Waals surface area contributed by atoms with Gasteiger partial charge in [-0.3, -0.25) is 14.5 Å². The van der Waals surface area contributed by atoms with Gasteiger partial charge in [-0.2, -0.15) is 18.3 Å². The zero-order chi connectivity index (χ0) is 31.6. The average molecular weight is 638 g/mol. The lowest BCUT2D eigenvalue weighted by atomic mass is 9.80. The Labute approximate surface area is 262 Å². The molecule has 2 fully saturated rings. The summed E-state index contributed by atoms with van der Waals surface area (Å²) in [5.41, 5.74) is 1.37. The number of fused-ring (bicyclic) bond motifs is 3. The fourth-order valence-corrected chi connectivity index (χ4v) is 7.08. The van der Waals surface area contributed by atoms with E-state index in [4.69, 9.17) is 16.7 Å². The molecule has 1 saturated heterocycles. The minimum absolute atomic E-state index is 0.0842. The number of aryl methyl sites for hydroxylation is 1. The second-order valence-corrected chi connectivity index (χ2v) is 12.7. The van der Waals surface area contributed by atoms with Crippen molar-refractivity contribution in [3.8, 4) is 11.4 Å². The average Bonchev–Trinajstić information content (AvgIpc) is 3.61. The second-order valence-electron chi connectivity index (χ2n) is 12.3. The van der Waals surface area contributed by atoms with Crippen LogP contribution in [0.2, 0.25) is 5.02 Å². The Morgan fingerprint density at radius 1 is 1.11 bits per heavy atom. The largest absolute Gasteiger partial charge is 0.417 e. The van der Waals surface area contributed by atoms with Crippen molar-refractivity contribution in [2.75, 3.05) is 11.4 Å². The minimum atomic E-state index is -4.70. The highest BCUT2D eigenvalue weighted by atomic mass is 35.5. The first-order chi connectivity index (χ1) is 21.5. The van der Waals surface area contributed by atoms with E-state index >= 15 is 0 Å². The molecule has 13 heteroatoms. The van der Waals surface area contributed by atoms with E-state index in [-0.39, 0.29) is 18.0 Å². The molecule has 3 aliphatic rings. The van der Waals surface area contributed by atoms with Gasteiger partial charge in [-0.05, 0) is 68.1 Å². The Balaban J connectivity index is 1.25. The van der Waals surface area contributed by atoms with Gasteiger partial charge in [-0.1, -0.05) is 30.9 Å². The van der Waals surface area contributed by atoms with E-state index in [1.54, 1.807) is 16.1 Å². The van der Waals surface area contributed by atoms with Crippen LogP contribution in [0.5, 0.6) is 0 Å².